The maximum atomic E-state index is 5.95. The van der Waals surface area contributed by atoms with E-state index in [0.717, 1.165) is 48.3 Å². The fourth-order valence-corrected chi connectivity index (χ4v) is 2.39. The number of hydrogen-bond donors (Lipinski definition) is 2. The average molecular weight is 243 g/mol. The second-order valence-electron chi connectivity index (χ2n) is 4.63. The molecule has 4 nitrogen and oxygen atoms in total. The Morgan fingerprint density at radius 1 is 1.22 bits per heavy atom. The highest BCUT2D eigenvalue weighted by Crippen LogP contribution is 2.27. The molecule has 1 fully saturated rings. The summed E-state index contributed by atoms with van der Waals surface area (Å²) in [5.41, 5.74) is 8.65. The number of nitrogen functional groups attached to an aromatic ring is 1. The van der Waals surface area contributed by atoms with Gasteiger partial charge in [-0.1, -0.05) is 12.1 Å². The van der Waals surface area contributed by atoms with Crippen LogP contribution >= 0.6 is 0 Å². The van der Waals surface area contributed by atoms with Crippen molar-refractivity contribution in [2.75, 3.05) is 24.3 Å². The number of ether oxygens (including phenoxy) is 1. The first-order valence-corrected chi connectivity index (χ1v) is 6.32. The van der Waals surface area contributed by atoms with Gasteiger partial charge in [-0.15, -0.1) is 0 Å². The number of nitrogens with two attached hydrogens (primary N) is 1. The van der Waals surface area contributed by atoms with E-state index in [1.807, 2.05) is 18.2 Å². The van der Waals surface area contributed by atoms with Crippen molar-refractivity contribution in [1.82, 2.24) is 4.98 Å². The molecule has 1 aliphatic heterocycles. The molecule has 3 N–H and O–H groups in total. The summed E-state index contributed by atoms with van der Waals surface area (Å²) in [6, 6.07) is 8.39. The van der Waals surface area contributed by atoms with E-state index in [0.29, 0.717) is 6.04 Å². The highest BCUT2D eigenvalue weighted by atomic mass is 16.5. The van der Waals surface area contributed by atoms with Gasteiger partial charge in [0.1, 0.15) is 0 Å². The summed E-state index contributed by atoms with van der Waals surface area (Å²) in [6.45, 7) is 1.67. The van der Waals surface area contributed by atoms with E-state index >= 15 is 0 Å². The van der Waals surface area contributed by atoms with Crippen molar-refractivity contribution in [1.29, 1.82) is 0 Å². The maximum Gasteiger partial charge on any atom is 0.0951 e. The topological polar surface area (TPSA) is 60.2 Å². The van der Waals surface area contributed by atoms with Crippen molar-refractivity contribution >= 4 is 22.3 Å². The number of anilines is 2. The number of benzene rings is 1. The van der Waals surface area contributed by atoms with Gasteiger partial charge in [-0.25, -0.2) is 0 Å². The number of para-hydroxylation sites is 1. The molecule has 1 aromatic heterocycles. The summed E-state index contributed by atoms with van der Waals surface area (Å²) in [7, 11) is 0. The van der Waals surface area contributed by atoms with Crippen LogP contribution in [0.2, 0.25) is 0 Å². The lowest BCUT2D eigenvalue weighted by atomic mass is 10.1. The van der Waals surface area contributed by atoms with Crippen LogP contribution in [-0.4, -0.2) is 24.2 Å². The van der Waals surface area contributed by atoms with Crippen LogP contribution in [0.25, 0.3) is 10.9 Å². The Morgan fingerprint density at radius 3 is 2.89 bits per heavy atom. The molecule has 2 aromatic rings. The Bertz CT molecular complexity index is 550. The van der Waals surface area contributed by atoms with E-state index < -0.39 is 0 Å². The molecule has 1 aromatic carbocycles. The second-order valence-corrected chi connectivity index (χ2v) is 4.63. The molecular formula is C14H17N3O. The minimum Gasteiger partial charge on any atom is -0.397 e. The van der Waals surface area contributed by atoms with Gasteiger partial charge in [0, 0.05) is 36.5 Å². The van der Waals surface area contributed by atoms with Crippen molar-refractivity contribution in [3.63, 3.8) is 0 Å². The molecule has 0 aliphatic carbocycles. The molecule has 0 spiro atoms. The molecule has 0 saturated carbocycles. The monoisotopic (exact) mass is 243 g/mol. The zero-order valence-corrected chi connectivity index (χ0v) is 10.2. The lowest BCUT2D eigenvalue weighted by molar-refractivity contribution is 0.0905. The summed E-state index contributed by atoms with van der Waals surface area (Å²) in [5, 5.41) is 4.66. The fourth-order valence-electron chi connectivity index (χ4n) is 2.39. The molecule has 4 heteroatoms. The molecule has 0 bridgehead atoms. The van der Waals surface area contributed by atoms with Crippen molar-refractivity contribution in [3.05, 3.63) is 30.5 Å². The van der Waals surface area contributed by atoms with Crippen LogP contribution < -0.4 is 11.1 Å². The van der Waals surface area contributed by atoms with E-state index in [-0.39, 0.29) is 0 Å². The van der Waals surface area contributed by atoms with Gasteiger partial charge in [0.25, 0.3) is 0 Å². The smallest absolute Gasteiger partial charge is 0.0951 e. The SMILES string of the molecule is Nc1cccc2c(NC3CCOCC3)ccnc12. The molecule has 0 radical (unpaired) electrons. The summed E-state index contributed by atoms with van der Waals surface area (Å²) in [6.07, 6.45) is 3.90. The zero-order chi connectivity index (χ0) is 12.4. The molecule has 3 rings (SSSR count). The third-order valence-electron chi connectivity index (χ3n) is 3.38. The van der Waals surface area contributed by atoms with Crippen LogP contribution in [0.4, 0.5) is 11.4 Å². The largest absolute Gasteiger partial charge is 0.397 e. The summed E-state index contributed by atoms with van der Waals surface area (Å²) in [5.74, 6) is 0. The molecule has 0 amide bonds. The van der Waals surface area contributed by atoms with Crippen molar-refractivity contribution < 1.29 is 4.74 Å². The lowest BCUT2D eigenvalue weighted by Gasteiger charge is -2.24. The molecular weight excluding hydrogens is 226 g/mol. The van der Waals surface area contributed by atoms with Gasteiger partial charge < -0.3 is 15.8 Å². The van der Waals surface area contributed by atoms with E-state index in [9.17, 15) is 0 Å². The van der Waals surface area contributed by atoms with Crippen molar-refractivity contribution in [2.24, 2.45) is 0 Å². The van der Waals surface area contributed by atoms with E-state index in [2.05, 4.69) is 16.4 Å². The van der Waals surface area contributed by atoms with Crippen LogP contribution in [0, 0.1) is 0 Å². The first-order chi connectivity index (χ1) is 8.84. The van der Waals surface area contributed by atoms with Gasteiger partial charge in [0.05, 0.1) is 11.2 Å². The first-order valence-electron chi connectivity index (χ1n) is 6.32. The van der Waals surface area contributed by atoms with Gasteiger partial charge in [-0.2, -0.15) is 0 Å². The Hall–Kier alpha value is -1.81. The number of aromatic nitrogens is 1. The summed E-state index contributed by atoms with van der Waals surface area (Å²) in [4.78, 5) is 4.34. The minimum atomic E-state index is 0.478. The Balaban J connectivity index is 1.93. The summed E-state index contributed by atoms with van der Waals surface area (Å²) < 4.78 is 5.37. The number of nitrogens with one attached hydrogen (secondary N) is 1. The van der Waals surface area contributed by atoms with Crippen molar-refractivity contribution in [3.8, 4) is 0 Å². The number of hydrogen-bond acceptors (Lipinski definition) is 4. The molecule has 2 heterocycles. The number of fused-ring (bicyclic) bond motifs is 1. The normalized spacial score (nSPS) is 16.9. The number of nitrogens with zero attached hydrogens (tertiary/aromatic N) is 1. The molecule has 1 aliphatic rings. The molecule has 0 unspecified atom stereocenters. The third kappa shape index (κ3) is 2.11. The van der Waals surface area contributed by atoms with Gasteiger partial charge >= 0.3 is 0 Å². The Morgan fingerprint density at radius 2 is 2.06 bits per heavy atom. The first kappa shape index (κ1) is 11.3. The molecule has 18 heavy (non-hydrogen) atoms. The highest BCUT2D eigenvalue weighted by Gasteiger charge is 2.14. The lowest BCUT2D eigenvalue weighted by Crippen LogP contribution is -2.27. The molecule has 0 atom stereocenters. The number of pyridine rings is 1. The van der Waals surface area contributed by atoms with Crippen molar-refractivity contribution in [2.45, 2.75) is 18.9 Å². The zero-order valence-electron chi connectivity index (χ0n) is 10.2. The molecule has 94 valence electrons. The maximum absolute atomic E-state index is 5.95. The van der Waals surface area contributed by atoms with Crippen LogP contribution in [0.3, 0.4) is 0 Å². The van der Waals surface area contributed by atoms with E-state index in [1.165, 1.54) is 0 Å². The quantitative estimate of drug-likeness (QED) is 0.795. The second kappa shape index (κ2) is 4.82. The predicted molar refractivity (Wildman–Crippen MR) is 73.6 cm³/mol. The molecule has 1 saturated heterocycles. The fraction of sp³-hybridized carbons (Fsp3) is 0.357. The van der Waals surface area contributed by atoms with Crippen LogP contribution in [0.5, 0.6) is 0 Å². The standard InChI is InChI=1S/C14H17N3O/c15-12-3-1-2-11-13(4-7-16-14(11)12)17-10-5-8-18-9-6-10/h1-4,7,10H,5-6,8-9,15H2,(H,16,17). The van der Waals surface area contributed by atoms with Gasteiger partial charge in [0.15, 0.2) is 0 Å². The minimum absolute atomic E-state index is 0.478. The highest BCUT2D eigenvalue weighted by molar-refractivity contribution is 5.97. The summed E-state index contributed by atoms with van der Waals surface area (Å²) >= 11 is 0. The average Bonchev–Trinajstić information content (AvgIpc) is 2.41. The van der Waals surface area contributed by atoms with Crippen LogP contribution in [0.15, 0.2) is 30.5 Å². The van der Waals surface area contributed by atoms with Crippen LogP contribution in [0.1, 0.15) is 12.8 Å². The van der Waals surface area contributed by atoms with Gasteiger partial charge in [-0.05, 0) is 25.0 Å². The van der Waals surface area contributed by atoms with E-state index in [4.69, 9.17) is 10.5 Å². The van der Waals surface area contributed by atoms with E-state index in [1.54, 1.807) is 6.20 Å². The van der Waals surface area contributed by atoms with Crippen LogP contribution in [-0.2, 0) is 4.74 Å². The number of rotatable bonds is 2. The van der Waals surface area contributed by atoms with Gasteiger partial charge in [0.2, 0.25) is 0 Å². The Kier molecular flexibility index (Phi) is 3.02. The predicted octanol–water partition coefficient (Wildman–Crippen LogP) is 2.41. The Labute approximate surface area is 106 Å². The van der Waals surface area contributed by atoms with Gasteiger partial charge in [-0.3, -0.25) is 4.98 Å². The third-order valence-corrected chi connectivity index (χ3v) is 3.38.